The maximum absolute atomic E-state index is 13.0. The van der Waals surface area contributed by atoms with E-state index in [0.717, 1.165) is 0 Å². The van der Waals surface area contributed by atoms with Gasteiger partial charge in [-0.15, -0.1) is 0 Å². The van der Waals surface area contributed by atoms with E-state index in [1.165, 1.54) is 18.3 Å². The van der Waals surface area contributed by atoms with E-state index in [0.29, 0.717) is 30.2 Å². The van der Waals surface area contributed by atoms with E-state index < -0.39 is 0 Å². The minimum Gasteiger partial charge on any atom is -0.456 e. The molecular weight excluding hydrogens is 245 g/mol. The van der Waals surface area contributed by atoms with Crippen molar-refractivity contribution in [1.82, 2.24) is 9.97 Å². The molecule has 0 unspecified atom stereocenters. The van der Waals surface area contributed by atoms with E-state index in [1.807, 2.05) is 0 Å². The van der Waals surface area contributed by atoms with Gasteiger partial charge >= 0.3 is 0 Å². The Morgan fingerprint density at radius 2 is 2.35 bits per heavy atom. The molecule has 1 aromatic heterocycles. The smallest absolute Gasteiger partial charge is 0.224 e. The SMILES string of the molecule is CNc1nc(Cl)ncc1OC1=CC(F)=CCC1. The largest absolute Gasteiger partial charge is 0.456 e. The van der Waals surface area contributed by atoms with Crippen molar-refractivity contribution in [3.05, 3.63) is 35.2 Å². The molecule has 0 amide bonds. The molecule has 0 radical (unpaired) electrons. The average molecular weight is 256 g/mol. The topological polar surface area (TPSA) is 47.0 Å². The van der Waals surface area contributed by atoms with Gasteiger partial charge in [0.1, 0.15) is 11.6 Å². The molecule has 0 fully saturated rings. The van der Waals surface area contributed by atoms with E-state index in [9.17, 15) is 4.39 Å². The van der Waals surface area contributed by atoms with Crippen molar-refractivity contribution in [2.45, 2.75) is 12.8 Å². The van der Waals surface area contributed by atoms with E-state index in [2.05, 4.69) is 15.3 Å². The highest BCUT2D eigenvalue weighted by Gasteiger charge is 2.11. The normalized spacial score (nSPS) is 15.0. The molecule has 0 saturated heterocycles. The molecule has 0 bridgehead atoms. The van der Waals surface area contributed by atoms with Crippen LogP contribution in [0, 0.1) is 0 Å². The molecule has 6 heteroatoms. The lowest BCUT2D eigenvalue weighted by atomic mass is 10.1. The molecule has 17 heavy (non-hydrogen) atoms. The maximum Gasteiger partial charge on any atom is 0.224 e. The molecule has 4 nitrogen and oxygen atoms in total. The lowest BCUT2D eigenvalue weighted by molar-refractivity contribution is 0.395. The molecule has 0 spiro atoms. The van der Waals surface area contributed by atoms with Crippen LogP contribution in [-0.2, 0) is 0 Å². The van der Waals surface area contributed by atoms with Gasteiger partial charge < -0.3 is 10.1 Å². The molecule has 0 saturated carbocycles. The van der Waals surface area contributed by atoms with Gasteiger partial charge in [-0.25, -0.2) is 9.37 Å². The summed E-state index contributed by atoms with van der Waals surface area (Å²) in [5, 5.41) is 2.97. The van der Waals surface area contributed by atoms with Crippen LogP contribution < -0.4 is 10.1 Å². The monoisotopic (exact) mass is 255 g/mol. The van der Waals surface area contributed by atoms with Gasteiger partial charge in [0.2, 0.25) is 5.28 Å². The fourth-order valence-corrected chi connectivity index (χ4v) is 1.60. The average Bonchev–Trinajstić information content (AvgIpc) is 2.31. The first-order chi connectivity index (χ1) is 8.19. The van der Waals surface area contributed by atoms with E-state index in [4.69, 9.17) is 16.3 Å². The lowest BCUT2D eigenvalue weighted by Gasteiger charge is -2.13. The summed E-state index contributed by atoms with van der Waals surface area (Å²) < 4.78 is 18.6. The van der Waals surface area contributed by atoms with Crippen LogP contribution in [0.4, 0.5) is 10.2 Å². The minimum atomic E-state index is -0.285. The molecule has 2 rings (SSSR count). The zero-order chi connectivity index (χ0) is 12.3. The number of aromatic nitrogens is 2. The number of anilines is 1. The van der Waals surface area contributed by atoms with Gasteiger partial charge in [-0.1, -0.05) is 0 Å². The number of halogens is 2. The first kappa shape index (κ1) is 11.9. The quantitative estimate of drug-likeness (QED) is 0.843. The predicted molar refractivity (Wildman–Crippen MR) is 63.7 cm³/mol. The van der Waals surface area contributed by atoms with E-state index in [-0.39, 0.29) is 11.1 Å². The van der Waals surface area contributed by atoms with Gasteiger partial charge in [0.25, 0.3) is 0 Å². The number of rotatable bonds is 3. The van der Waals surface area contributed by atoms with Crippen LogP contribution in [0.3, 0.4) is 0 Å². The van der Waals surface area contributed by atoms with Gasteiger partial charge in [-0.05, 0) is 24.1 Å². The second-order valence-electron chi connectivity index (χ2n) is 3.44. The van der Waals surface area contributed by atoms with Crippen LogP contribution in [-0.4, -0.2) is 17.0 Å². The Morgan fingerprint density at radius 1 is 1.53 bits per heavy atom. The number of hydrogen-bond donors (Lipinski definition) is 1. The molecule has 1 N–H and O–H groups in total. The van der Waals surface area contributed by atoms with Crippen molar-refractivity contribution in [1.29, 1.82) is 0 Å². The molecule has 0 aromatic carbocycles. The highest BCUT2D eigenvalue weighted by atomic mass is 35.5. The third-order valence-electron chi connectivity index (χ3n) is 2.23. The summed E-state index contributed by atoms with van der Waals surface area (Å²) in [7, 11) is 1.70. The fraction of sp³-hybridized carbons (Fsp3) is 0.273. The second-order valence-corrected chi connectivity index (χ2v) is 3.78. The zero-order valence-electron chi connectivity index (χ0n) is 9.20. The summed E-state index contributed by atoms with van der Waals surface area (Å²) in [5.74, 6) is 1.17. The van der Waals surface area contributed by atoms with Crippen LogP contribution in [0.2, 0.25) is 5.28 Å². The highest BCUT2D eigenvalue weighted by Crippen LogP contribution is 2.27. The number of hydrogen-bond acceptors (Lipinski definition) is 4. The van der Waals surface area contributed by atoms with Crippen molar-refractivity contribution < 1.29 is 9.13 Å². The predicted octanol–water partition coefficient (Wildman–Crippen LogP) is 3.08. The molecule has 1 aromatic rings. The number of nitrogens with one attached hydrogen (secondary N) is 1. The molecule has 1 aliphatic carbocycles. The standard InChI is InChI=1S/C11H11ClFN3O/c1-14-10-9(6-15-11(12)16-10)17-8-4-2-3-7(13)5-8/h3,5-6H,2,4H2,1H3,(H,14,15,16). The molecule has 0 aliphatic heterocycles. The van der Waals surface area contributed by atoms with Gasteiger partial charge in [0.15, 0.2) is 11.6 Å². The summed E-state index contributed by atoms with van der Waals surface area (Å²) in [4.78, 5) is 7.78. The number of ether oxygens (including phenoxy) is 1. The van der Waals surface area contributed by atoms with Gasteiger partial charge in [-0.2, -0.15) is 4.98 Å². The lowest BCUT2D eigenvalue weighted by Crippen LogP contribution is -2.03. The Bertz CT molecular complexity index is 488. The third kappa shape index (κ3) is 2.94. The minimum absolute atomic E-state index is 0.130. The first-order valence-corrected chi connectivity index (χ1v) is 5.51. The van der Waals surface area contributed by atoms with Crippen molar-refractivity contribution in [3.63, 3.8) is 0 Å². The molecular formula is C11H11ClFN3O. The first-order valence-electron chi connectivity index (χ1n) is 5.13. The summed E-state index contributed by atoms with van der Waals surface area (Å²) >= 11 is 5.66. The van der Waals surface area contributed by atoms with Gasteiger partial charge in [-0.3, -0.25) is 0 Å². The van der Waals surface area contributed by atoms with Crippen molar-refractivity contribution in [2.24, 2.45) is 0 Å². The third-order valence-corrected chi connectivity index (χ3v) is 2.41. The van der Waals surface area contributed by atoms with Crippen molar-refractivity contribution in [3.8, 4) is 5.75 Å². The molecule has 90 valence electrons. The molecule has 1 heterocycles. The van der Waals surface area contributed by atoms with Crippen LogP contribution >= 0.6 is 11.6 Å². The van der Waals surface area contributed by atoms with Crippen LogP contribution in [0.15, 0.2) is 29.9 Å². The summed E-state index contributed by atoms with van der Waals surface area (Å²) in [6, 6.07) is 0. The molecule has 0 atom stereocenters. The van der Waals surface area contributed by atoms with Gasteiger partial charge in [0, 0.05) is 19.5 Å². The van der Waals surface area contributed by atoms with Crippen molar-refractivity contribution >= 4 is 17.4 Å². The Balaban J connectivity index is 2.21. The van der Waals surface area contributed by atoms with Gasteiger partial charge in [0.05, 0.1) is 6.20 Å². The highest BCUT2D eigenvalue weighted by molar-refractivity contribution is 6.28. The maximum atomic E-state index is 13.0. The fourth-order valence-electron chi connectivity index (χ4n) is 1.46. The molecule has 1 aliphatic rings. The Hall–Kier alpha value is -1.62. The Morgan fingerprint density at radius 3 is 3.06 bits per heavy atom. The van der Waals surface area contributed by atoms with Crippen LogP contribution in [0.5, 0.6) is 5.75 Å². The van der Waals surface area contributed by atoms with Crippen molar-refractivity contribution in [2.75, 3.05) is 12.4 Å². The van der Waals surface area contributed by atoms with E-state index >= 15 is 0 Å². The summed E-state index contributed by atoms with van der Waals surface area (Å²) in [6.45, 7) is 0. The van der Waals surface area contributed by atoms with Crippen LogP contribution in [0.25, 0.3) is 0 Å². The van der Waals surface area contributed by atoms with Crippen LogP contribution in [0.1, 0.15) is 12.8 Å². The Kier molecular flexibility index (Phi) is 3.58. The zero-order valence-corrected chi connectivity index (χ0v) is 9.96. The number of allylic oxidation sites excluding steroid dienone is 4. The second kappa shape index (κ2) is 5.14. The summed E-state index contributed by atoms with van der Waals surface area (Å²) in [6.07, 6.45) is 5.61. The number of nitrogens with zero attached hydrogens (tertiary/aromatic N) is 2. The summed E-state index contributed by atoms with van der Waals surface area (Å²) in [5.41, 5.74) is 0. The Labute approximate surface area is 103 Å². The van der Waals surface area contributed by atoms with E-state index in [1.54, 1.807) is 7.05 Å².